The van der Waals surface area contributed by atoms with Gasteiger partial charge in [0.05, 0.1) is 11.1 Å². The predicted octanol–water partition coefficient (Wildman–Crippen LogP) is 1.58. The molecule has 0 unspecified atom stereocenters. The lowest BCUT2D eigenvalue weighted by atomic mass is 10.2. The van der Waals surface area contributed by atoms with Crippen LogP contribution in [0.2, 0.25) is 5.02 Å². The standard InChI is InChI=1S/C8H10ClNOS/c9-7-1-2-12-8(7)5-10-3-6(11)4-10/h1-2,6,11H,3-5H2. The smallest absolute Gasteiger partial charge is 0.0794 e. The fourth-order valence-electron chi connectivity index (χ4n) is 1.31. The van der Waals surface area contributed by atoms with Crippen LogP contribution in [0, 0.1) is 0 Å². The molecule has 0 bridgehead atoms. The zero-order chi connectivity index (χ0) is 8.55. The first kappa shape index (κ1) is 8.51. The van der Waals surface area contributed by atoms with Crippen molar-refractivity contribution in [3.63, 3.8) is 0 Å². The maximum Gasteiger partial charge on any atom is 0.0794 e. The molecule has 1 aliphatic rings. The first-order valence-corrected chi connectivity index (χ1v) is 5.14. The van der Waals surface area contributed by atoms with Crippen LogP contribution in [0.15, 0.2) is 11.4 Å². The van der Waals surface area contributed by atoms with Gasteiger partial charge >= 0.3 is 0 Å². The van der Waals surface area contributed by atoms with Crippen molar-refractivity contribution in [1.82, 2.24) is 4.90 Å². The molecule has 12 heavy (non-hydrogen) atoms. The summed E-state index contributed by atoms with van der Waals surface area (Å²) in [4.78, 5) is 3.38. The van der Waals surface area contributed by atoms with E-state index in [1.807, 2.05) is 11.4 Å². The van der Waals surface area contributed by atoms with Gasteiger partial charge in [-0.3, -0.25) is 4.90 Å². The number of β-amino-alcohol motifs (C(OH)–C–C–N with tert-alkyl or cyclic N) is 1. The SMILES string of the molecule is OC1CN(Cc2sccc2Cl)C1. The Morgan fingerprint density at radius 2 is 2.42 bits per heavy atom. The zero-order valence-electron chi connectivity index (χ0n) is 6.53. The Kier molecular flexibility index (Phi) is 2.37. The topological polar surface area (TPSA) is 23.5 Å². The molecule has 0 saturated carbocycles. The van der Waals surface area contributed by atoms with E-state index in [2.05, 4.69) is 4.90 Å². The number of aliphatic hydroxyl groups is 1. The average molecular weight is 204 g/mol. The van der Waals surface area contributed by atoms with E-state index in [-0.39, 0.29) is 6.10 Å². The number of likely N-dealkylation sites (tertiary alicyclic amines) is 1. The van der Waals surface area contributed by atoms with Crippen LogP contribution in [-0.4, -0.2) is 29.2 Å². The molecule has 1 saturated heterocycles. The Balaban J connectivity index is 1.92. The van der Waals surface area contributed by atoms with Gasteiger partial charge in [0.1, 0.15) is 0 Å². The number of rotatable bonds is 2. The van der Waals surface area contributed by atoms with Crippen LogP contribution in [0.4, 0.5) is 0 Å². The molecule has 0 atom stereocenters. The molecule has 0 aliphatic carbocycles. The van der Waals surface area contributed by atoms with Crippen LogP contribution < -0.4 is 0 Å². The number of nitrogens with zero attached hydrogens (tertiary/aromatic N) is 1. The Bertz CT molecular complexity index is 270. The van der Waals surface area contributed by atoms with Gasteiger partial charge in [0, 0.05) is 24.5 Å². The lowest BCUT2D eigenvalue weighted by Crippen LogP contribution is -2.49. The molecule has 66 valence electrons. The van der Waals surface area contributed by atoms with Crippen LogP contribution >= 0.6 is 22.9 Å². The molecular weight excluding hydrogens is 194 g/mol. The van der Waals surface area contributed by atoms with Crippen LogP contribution in [-0.2, 0) is 6.54 Å². The van der Waals surface area contributed by atoms with Crippen molar-refractivity contribution in [2.24, 2.45) is 0 Å². The van der Waals surface area contributed by atoms with Gasteiger partial charge in [0.25, 0.3) is 0 Å². The van der Waals surface area contributed by atoms with Gasteiger partial charge in [-0.05, 0) is 11.4 Å². The normalized spacial score (nSPS) is 19.5. The van der Waals surface area contributed by atoms with E-state index in [0.29, 0.717) is 0 Å². The molecule has 1 fully saturated rings. The van der Waals surface area contributed by atoms with E-state index >= 15 is 0 Å². The van der Waals surface area contributed by atoms with Crippen LogP contribution in [0.1, 0.15) is 4.88 Å². The zero-order valence-corrected chi connectivity index (χ0v) is 8.11. The van der Waals surface area contributed by atoms with E-state index in [9.17, 15) is 0 Å². The molecule has 2 rings (SSSR count). The van der Waals surface area contributed by atoms with Crippen molar-refractivity contribution in [3.05, 3.63) is 21.3 Å². The number of thiophene rings is 1. The maximum atomic E-state index is 9.05. The number of halogens is 1. The van der Waals surface area contributed by atoms with Crippen molar-refractivity contribution in [2.45, 2.75) is 12.6 Å². The molecule has 1 aromatic heterocycles. The molecule has 2 heterocycles. The minimum absolute atomic E-state index is 0.122. The Labute approximate surface area is 80.4 Å². The van der Waals surface area contributed by atoms with Gasteiger partial charge < -0.3 is 5.11 Å². The third kappa shape index (κ3) is 1.64. The summed E-state index contributed by atoms with van der Waals surface area (Å²) in [6.45, 7) is 2.45. The Hall–Kier alpha value is -0.0900. The number of aliphatic hydroxyl groups excluding tert-OH is 1. The van der Waals surface area contributed by atoms with Crippen LogP contribution in [0.3, 0.4) is 0 Å². The van der Waals surface area contributed by atoms with Crippen LogP contribution in [0.5, 0.6) is 0 Å². The highest BCUT2D eigenvalue weighted by molar-refractivity contribution is 7.10. The first-order chi connectivity index (χ1) is 5.75. The largest absolute Gasteiger partial charge is 0.390 e. The lowest BCUT2D eigenvalue weighted by molar-refractivity contribution is -0.00227. The summed E-state index contributed by atoms with van der Waals surface area (Å²) in [5.74, 6) is 0. The summed E-state index contributed by atoms with van der Waals surface area (Å²) in [6.07, 6.45) is -0.122. The molecule has 1 aliphatic heterocycles. The van der Waals surface area contributed by atoms with E-state index in [1.165, 1.54) is 4.88 Å². The molecular formula is C8H10ClNOS. The molecule has 0 spiro atoms. The highest BCUT2D eigenvalue weighted by atomic mass is 35.5. The second-order valence-corrected chi connectivity index (χ2v) is 4.45. The van der Waals surface area contributed by atoms with Crippen molar-refractivity contribution in [1.29, 1.82) is 0 Å². The third-order valence-corrected chi connectivity index (χ3v) is 3.37. The van der Waals surface area contributed by atoms with E-state index in [1.54, 1.807) is 11.3 Å². The third-order valence-electron chi connectivity index (χ3n) is 2.00. The fraction of sp³-hybridized carbons (Fsp3) is 0.500. The Morgan fingerprint density at radius 1 is 1.67 bits per heavy atom. The van der Waals surface area contributed by atoms with E-state index in [0.717, 1.165) is 24.7 Å². The van der Waals surface area contributed by atoms with E-state index in [4.69, 9.17) is 16.7 Å². The van der Waals surface area contributed by atoms with Crippen LogP contribution in [0.25, 0.3) is 0 Å². The van der Waals surface area contributed by atoms with Gasteiger partial charge in [0.15, 0.2) is 0 Å². The Morgan fingerprint density at radius 3 is 2.92 bits per heavy atom. The minimum atomic E-state index is -0.122. The summed E-state index contributed by atoms with van der Waals surface area (Å²) < 4.78 is 0. The molecule has 1 aromatic rings. The number of hydrogen-bond donors (Lipinski definition) is 1. The van der Waals surface area contributed by atoms with Crippen molar-refractivity contribution >= 4 is 22.9 Å². The molecule has 2 nitrogen and oxygen atoms in total. The molecule has 0 aromatic carbocycles. The van der Waals surface area contributed by atoms with Gasteiger partial charge in [-0.2, -0.15) is 0 Å². The summed E-state index contributed by atoms with van der Waals surface area (Å²) in [7, 11) is 0. The second kappa shape index (κ2) is 3.34. The maximum absolute atomic E-state index is 9.05. The van der Waals surface area contributed by atoms with Crippen molar-refractivity contribution in [2.75, 3.05) is 13.1 Å². The quantitative estimate of drug-likeness (QED) is 0.789. The van der Waals surface area contributed by atoms with E-state index < -0.39 is 0 Å². The van der Waals surface area contributed by atoms with Gasteiger partial charge in [-0.1, -0.05) is 11.6 Å². The summed E-state index contributed by atoms with van der Waals surface area (Å²) in [5, 5.41) is 11.9. The summed E-state index contributed by atoms with van der Waals surface area (Å²) >= 11 is 7.60. The minimum Gasteiger partial charge on any atom is -0.390 e. The van der Waals surface area contributed by atoms with Gasteiger partial charge in [-0.25, -0.2) is 0 Å². The van der Waals surface area contributed by atoms with Gasteiger partial charge in [0.2, 0.25) is 0 Å². The molecule has 1 N–H and O–H groups in total. The second-order valence-electron chi connectivity index (χ2n) is 3.04. The van der Waals surface area contributed by atoms with Crippen molar-refractivity contribution in [3.8, 4) is 0 Å². The molecule has 4 heteroatoms. The van der Waals surface area contributed by atoms with Crippen molar-refractivity contribution < 1.29 is 5.11 Å². The predicted molar refractivity (Wildman–Crippen MR) is 50.6 cm³/mol. The molecule has 0 amide bonds. The summed E-state index contributed by atoms with van der Waals surface area (Å²) in [5.41, 5.74) is 0. The fourth-order valence-corrected chi connectivity index (χ4v) is 2.45. The average Bonchev–Trinajstić information content (AvgIpc) is 2.33. The molecule has 0 radical (unpaired) electrons. The number of hydrogen-bond acceptors (Lipinski definition) is 3. The summed E-state index contributed by atoms with van der Waals surface area (Å²) in [6, 6.07) is 1.91. The monoisotopic (exact) mass is 203 g/mol. The van der Waals surface area contributed by atoms with Gasteiger partial charge in [-0.15, -0.1) is 11.3 Å². The highest BCUT2D eigenvalue weighted by Crippen LogP contribution is 2.25. The first-order valence-electron chi connectivity index (χ1n) is 3.88. The highest BCUT2D eigenvalue weighted by Gasteiger charge is 2.24. The lowest BCUT2D eigenvalue weighted by Gasteiger charge is -2.35.